The van der Waals surface area contributed by atoms with Crippen molar-refractivity contribution in [3.8, 4) is 5.69 Å². The highest BCUT2D eigenvalue weighted by Crippen LogP contribution is 2.26. The summed E-state index contributed by atoms with van der Waals surface area (Å²) in [6.07, 6.45) is 1.42. The first-order valence-corrected chi connectivity index (χ1v) is 16.0. The number of non-ortho nitro benzene ring substituents is 1. The molecule has 0 saturated carbocycles. The molecular weight excluding hydrogens is 644 g/mol. The minimum atomic E-state index is -0.616. The number of hydrogen-bond acceptors (Lipinski definition) is 7. The number of anilines is 2. The summed E-state index contributed by atoms with van der Waals surface area (Å²) in [6, 6.07) is 29.9. The summed E-state index contributed by atoms with van der Waals surface area (Å²) in [5.74, 6) is -1.47. The molecule has 0 aliphatic carbocycles. The van der Waals surface area contributed by atoms with Gasteiger partial charge in [0.2, 0.25) is 5.91 Å². The summed E-state index contributed by atoms with van der Waals surface area (Å²) in [5.41, 5.74) is 2.22. The number of aromatic nitrogens is 2. The molecule has 49 heavy (non-hydrogen) atoms. The molecule has 4 aromatic carbocycles. The topological polar surface area (TPSA) is 157 Å². The van der Waals surface area contributed by atoms with Crippen LogP contribution in [-0.4, -0.2) is 37.3 Å². The third kappa shape index (κ3) is 8.21. The van der Waals surface area contributed by atoms with Crippen LogP contribution < -0.4 is 21.5 Å². The molecule has 0 radical (unpaired) electrons. The van der Waals surface area contributed by atoms with Crippen molar-refractivity contribution < 1.29 is 19.3 Å². The molecule has 5 rings (SSSR count). The molecule has 0 spiro atoms. The summed E-state index contributed by atoms with van der Waals surface area (Å²) in [5, 5.41) is 18.7. The van der Waals surface area contributed by atoms with Crippen molar-refractivity contribution in [3.63, 3.8) is 0 Å². The quantitative estimate of drug-likeness (QED) is 0.0678. The number of rotatable bonds is 11. The highest BCUT2D eigenvalue weighted by atomic mass is 32.2. The lowest BCUT2D eigenvalue weighted by molar-refractivity contribution is -0.384. The number of nitro benzene ring substituents is 1. The van der Waals surface area contributed by atoms with Gasteiger partial charge in [0.15, 0.2) is 0 Å². The van der Waals surface area contributed by atoms with Crippen molar-refractivity contribution in [2.75, 3.05) is 10.6 Å². The van der Waals surface area contributed by atoms with E-state index in [9.17, 15) is 29.3 Å². The Labute approximate surface area is 285 Å². The summed E-state index contributed by atoms with van der Waals surface area (Å²) < 4.78 is 3.19. The molecule has 1 unspecified atom stereocenters. The van der Waals surface area contributed by atoms with Gasteiger partial charge in [0, 0.05) is 35.3 Å². The van der Waals surface area contributed by atoms with E-state index in [0.717, 1.165) is 4.90 Å². The predicted molar refractivity (Wildman–Crippen MR) is 190 cm³/mol. The smallest absolute Gasteiger partial charge is 0.295 e. The fourth-order valence-corrected chi connectivity index (χ4v) is 5.68. The van der Waals surface area contributed by atoms with Crippen LogP contribution in [0, 0.1) is 17.0 Å². The first kappa shape index (κ1) is 34.1. The zero-order valence-corrected chi connectivity index (χ0v) is 27.6. The van der Waals surface area contributed by atoms with Crippen LogP contribution in [-0.2, 0) is 16.6 Å². The third-order valence-electron chi connectivity index (χ3n) is 7.54. The molecule has 13 heteroatoms. The van der Waals surface area contributed by atoms with Crippen LogP contribution in [0.3, 0.4) is 0 Å². The van der Waals surface area contributed by atoms with Crippen molar-refractivity contribution in [3.05, 3.63) is 152 Å². The highest BCUT2D eigenvalue weighted by molar-refractivity contribution is 8.00. The Hall–Kier alpha value is -6.21. The number of nitro groups is 1. The van der Waals surface area contributed by atoms with Gasteiger partial charge in [0.25, 0.3) is 23.1 Å². The maximum absolute atomic E-state index is 13.4. The zero-order chi connectivity index (χ0) is 35.1. The number of hydrogen-bond donors (Lipinski definition) is 3. The van der Waals surface area contributed by atoms with Gasteiger partial charge in [-0.15, -0.1) is 11.8 Å². The third-order valence-corrected chi connectivity index (χ3v) is 8.65. The number of nitrogens with one attached hydrogen (secondary N) is 3. The van der Waals surface area contributed by atoms with E-state index >= 15 is 0 Å². The maximum atomic E-state index is 13.4. The normalized spacial score (nSPS) is 11.8. The van der Waals surface area contributed by atoms with Gasteiger partial charge in [0.05, 0.1) is 21.6 Å². The molecule has 1 atom stereocenters. The van der Waals surface area contributed by atoms with E-state index in [1.54, 1.807) is 80.2 Å². The van der Waals surface area contributed by atoms with Crippen LogP contribution in [0.2, 0.25) is 0 Å². The highest BCUT2D eigenvalue weighted by Gasteiger charge is 2.22. The fourth-order valence-electron chi connectivity index (χ4n) is 4.81. The summed E-state index contributed by atoms with van der Waals surface area (Å²) in [4.78, 5) is 63.9. The van der Waals surface area contributed by atoms with Gasteiger partial charge in [-0.05, 0) is 86.2 Å². The lowest BCUT2D eigenvalue weighted by Crippen LogP contribution is -2.30. The van der Waals surface area contributed by atoms with Crippen molar-refractivity contribution >= 4 is 52.6 Å². The van der Waals surface area contributed by atoms with Crippen molar-refractivity contribution in [2.45, 2.75) is 24.0 Å². The number of amides is 3. The monoisotopic (exact) mass is 676 g/mol. The van der Waals surface area contributed by atoms with Crippen molar-refractivity contribution in [2.24, 2.45) is 7.05 Å². The molecule has 0 fully saturated rings. The molecule has 0 bridgehead atoms. The lowest BCUT2D eigenvalue weighted by Gasteiger charge is -2.13. The Morgan fingerprint density at radius 3 is 2.08 bits per heavy atom. The molecule has 248 valence electrons. The molecular formula is C36H32N6O6S. The average molecular weight is 677 g/mol. The number of para-hydroxylation sites is 1. The Morgan fingerprint density at radius 2 is 1.47 bits per heavy atom. The van der Waals surface area contributed by atoms with Crippen LogP contribution >= 0.6 is 11.8 Å². The second-order valence-electron chi connectivity index (χ2n) is 10.9. The van der Waals surface area contributed by atoms with E-state index in [-0.39, 0.29) is 28.5 Å². The molecule has 5 aromatic rings. The van der Waals surface area contributed by atoms with E-state index in [2.05, 4.69) is 16.0 Å². The Bertz CT molecular complexity index is 2090. The van der Waals surface area contributed by atoms with Gasteiger partial charge < -0.3 is 16.0 Å². The predicted octanol–water partition coefficient (Wildman–Crippen LogP) is 5.92. The van der Waals surface area contributed by atoms with Crippen LogP contribution in [0.5, 0.6) is 0 Å². The second-order valence-corrected chi connectivity index (χ2v) is 12.3. The van der Waals surface area contributed by atoms with Gasteiger partial charge >= 0.3 is 0 Å². The minimum Gasteiger partial charge on any atom is -0.321 e. The summed E-state index contributed by atoms with van der Waals surface area (Å²) in [6.45, 7) is 3.50. The number of benzene rings is 4. The van der Waals surface area contributed by atoms with E-state index in [1.807, 2.05) is 30.3 Å². The van der Waals surface area contributed by atoms with Gasteiger partial charge in [-0.3, -0.25) is 34.0 Å². The SMILES string of the molecule is Cc1c(NC(=O)C(C)Sc2ccc(NC(=O)/C(=C/c3ccc([N+](=O)[O-])cc3)NC(=O)c3ccccc3)cc2)c(=O)n(-c2ccccc2)n1C. The Morgan fingerprint density at radius 1 is 0.857 bits per heavy atom. The molecule has 0 aliphatic heterocycles. The van der Waals surface area contributed by atoms with Gasteiger partial charge in [0.1, 0.15) is 11.4 Å². The molecule has 0 aliphatic rings. The largest absolute Gasteiger partial charge is 0.321 e. The standard InChI is InChI=1S/C36H32N6O6S/c1-23-32(36(46)41(40(23)3)28-12-8-5-9-13-28)39-33(43)24(2)49-30-20-16-27(17-21-30)37-35(45)31(38-34(44)26-10-6-4-7-11-26)22-25-14-18-29(19-15-25)42(47)48/h4-22,24H,1-3H3,(H,37,45)(H,38,44)(H,39,43)/b31-22-. The lowest BCUT2D eigenvalue weighted by atomic mass is 10.1. The van der Waals surface area contributed by atoms with Crippen LogP contribution in [0.15, 0.2) is 125 Å². The molecule has 0 saturated heterocycles. The minimum absolute atomic E-state index is 0.0750. The van der Waals surface area contributed by atoms with Crippen molar-refractivity contribution in [1.82, 2.24) is 14.7 Å². The molecule has 3 N–H and O–H groups in total. The van der Waals surface area contributed by atoms with E-state index in [4.69, 9.17) is 0 Å². The van der Waals surface area contributed by atoms with Crippen LogP contribution in [0.4, 0.5) is 17.1 Å². The first-order chi connectivity index (χ1) is 23.5. The molecule has 1 aromatic heterocycles. The number of nitrogens with zero attached hydrogens (tertiary/aromatic N) is 3. The van der Waals surface area contributed by atoms with E-state index in [0.29, 0.717) is 28.2 Å². The number of carbonyl (C=O) groups excluding carboxylic acids is 3. The number of carbonyl (C=O) groups is 3. The zero-order valence-electron chi connectivity index (χ0n) is 26.7. The van der Waals surface area contributed by atoms with Crippen LogP contribution in [0.1, 0.15) is 28.5 Å². The molecule has 1 heterocycles. The second kappa shape index (κ2) is 15.1. The van der Waals surface area contributed by atoms with E-state index in [1.165, 1.54) is 46.8 Å². The number of thioether (sulfide) groups is 1. The van der Waals surface area contributed by atoms with Crippen LogP contribution in [0.25, 0.3) is 11.8 Å². The summed E-state index contributed by atoms with van der Waals surface area (Å²) >= 11 is 1.28. The van der Waals surface area contributed by atoms with Gasteiger partial charge in [-0.25, -0.2) is 4.68 Å². The van der Waals surface area contributed by atoms with E-state index < -0.39 is 22.0 Å². The molecule has 12 nitrogen and oxygen atoms in total. The maximum Gasteiger partial charge on any atom is 0.295 e. The Balaban J connectivity index is 1.26. The van der Waals surface area contributed by atoms with Gasteiger partial charge in [-0.1, -0.05) is 36.4 Å². The van der Waals surface area contributed by atoms with Gasteiger partial charge in [-0.2, -0.15) is 0 Å². The molecule has 3 amide bonds. The fraction of sp³-hybridized carbons (Fsp3) is 0.111. The van der Waals surface area contributed by atoms with Crippen molar-refractivity contribution in [1.29, 1.82) is 0 Å². The first-order valence-electron chi connectivity index (χ1n) is 15.1. The Kier molecular flexibility index (Phi) is 10.5. The average Bonchev–Trinajstić information content (AvgIpc) is 3.32. The summed E-state index contributed by atoms with van der Waals surface area (Å²) in [7, 11) is 1.75.